The van der Waals surface area contributed by atoms with E-state index in [0.29, 0.717) is 27.6 Å². The highest BCUT2D eigenvalue weighted by molar-refractivity contribution is 6.00. The summed E-state index contributed by atoms with van der Waals surface area (Å²) in [4.78, 5) is 19.6. The predicted molar refractivity (Wildman–Crippen MR) is 117 cm³/mol. The summed E-state index contributed by atoms with van der Waals surface area (Å²) in [5.74, 6) is 4.36. The smallest absolute Gasteiger partial charge is 0.398 e. The molecular weight excluding hydrogens is 456 g/mol. The number of carbonyl (C=O) groups is 1. The molecule has 34 heavy (non-hydrogen) atoms. The number of halogens is 4. The molecule has 0 spiro atoms. The standard InChI is InChI=1S/C22H22F4N6O2/c1-2-21(34,22(24,25)26)18(27)11-32(29)10-12-3-5-14-15(13-4-6-19(23)30-9-13)8-17(20(28)33)31-16(14)7-12/h3-9,11,34H,2,10,27,29H2,1H3,(H2,28,33)/b18-11-/t21-/m1/s1. The molecule has 7 N–H and O–H groups in total. The van der Waals surface area contributed by atoms with Crippen LogP contribution < -0.4 is 17.3 Å². The lowest BCUT2D eigenvalue weighted by Crippen LogP contribution is -2.49. The molecule has 0 aliphatic heterocycles. The molecule has 0 saturated heterocycles. The van der Waals surface area contributed by atoms with Crippen molar-refractivity contribution in [3.63, 3.8) is 0 Å². The van der Waals surface area contributed by atoms with E-state index in [4.69, 9.17) is 17.3 Å². The third-order valence-electron chi connectivity index (χ3n) is 5.29. The topological polar surface area (TPSA) is 144 Å². The quantitative estimate of drug-likeness (QED) is 0.177. The van der Waals surface area contributed by atoms with Gasteiger partial charge < -0.3 is 21.6 Å². The number of benzene rings is 1. The molecule has 0 saturated carbocycles. The van der Waals surface area contributed by atoms with E-state index in [-0.39, 0.29) is 12.2 Å². The Balaban J connectivity index is 1.99. The summed E-state index contributed by atoms with van der Waals surface area (Å²) >= 11 is 0. The maximum atomic E-state index is 13.2. The van der Waals surface area contributed by atoms with Gasteiger partial charge in [0, 0.05) is 23.3 Å². The van der Waals surface area contributed by atoms with Gasteiger partial charge in [0.25, 0.3) is 5.91 Å². The fourth-order valence-corrected chi connectivity index (χ4v) is 3.38. The average molecular weight is 478 g/mol. The summed E-state index contributed by atoms with van der Waals surface area (Å²) in [6.07, 6.45) is -3.56. The first kappa shape index (κ1) is 24.9. The van der Waals surface area contributed by atoms with Crippen molar-refractivity contribution in [3.8, 4) is 11.1 Å². The molecule has 2 heterocycles. The van der Waals surface area contributed by atoms with Crippen molar-refractivity contribution in [1.29, 1.82) is 0 Å². The van der Waals surface area contributed by atoms with Crippen molar-refractivity contribution < 1.29 is 27.5 Å². The molecule has 8 nitrogen and oxygen atoms in total. The number of amides is 1. The number of nitrogens with two attached hydrogens (primary N) is 3. The van der Waals surface area contributed by atoms with Crippen LogP contribution in [0.1, 0.15) is 29.4 Å². The Hall–Kier alpha value is -3.77. The van der Waals surface area contributed by atoms with E-state index < -0.39 is 35.8 Å². The molecule has 180 valence electrons. The Labute approximate surface area is 191 Å². The number of carbonyl (C=O) groups excluding carboxylic acids is 1. The van der Waals surface area contributed by atoms with Gasteiger partial charge in [-0.15, -0.1) is 0 Å². The van der Waals surface area contributed by atoms with Gasteiger partial charge in [-0.1, -0.05) is 19.1 Å². The molecule has 3 rings (SSSR count). The molecule has 0 unspecified atom stereocenters. The van der Waals surface area contributed by atoms with Crippen LogP contribution in [0.25, 0.3) is 22.0 Å². The zero-order chi connectivity index (χ0) is 25.3. The van der Waals surface area contributed by atoms with Crippen LogP contribution in [0.3, 0.4) is 0 Å². The predicted octanol–water partition coefficient (Wildman–Crippen LogP) is 2.71. The molecule has 0 fully saturated rings. The van der Waals surface area contributed by atoms with Crippen molar-refractivity contribution in [3.05, 3.63) is 71.7 Å². The first-order valence-corrected chi connectivity index (χ1v) is 9.99. The first-order valence-electron chi connectivity index (χ1n) is 9.99. The van der Waals surface area contributed by atoms with Crippen molar-refractivity contribution in [2.45, 2.75) is 31.7 Å². The molecule has 0 radical (unpaired) electrons. The number of fused-ring (bicyclic) bond motifs is 1. The number of primary amides is 1. The number of hydrazine groups is 1. The summed E-state index contributed by atoms with van der Waals surface area (Å²) in [5, 5.41) is 11.4. The minimum atomic E-state index is -4.98. The number of rotatable bonds is 7. The number of aliphatic hydroxyl groups is 1. The minimum Gasteiger partial charge on any atom is -0.398 e. The monoisotopic (exact) mass is 478 g/mol. The molecule has 1 atom stereocenters. The Morgan fingerprint density at radius 1 is 1.18 bits per heavy atom. The zero-order valence-electron chi connectivity index (χ0n) is 18.0. The van der Waals surface area contributed by atoms with Gasteiger partial charge in [-0.05, 0) is 41.8 Å². The maximum absolute atomic E-state index is 13.2. The summed E-state index contributed by atoms with van der Waals surface area (Å²) in [7, 11) is 0. The van der Waals surface area contributed by atoms with Gasteiger partial charge in [0.15, 0.2) is 0 Å². The molecule has 1 aromatic carbocycles. The van der Waals surface area contributed by atoms with Crippen LogP contribution in [0, 0.1) is 5.95 Å². The van der Waals surface area contributed by atoms with Gasteiger partial charge in [0.05, 0.1) is 17.8 Å². The summed E-state index contributed by atoms with van der Waals surface area (Å²) in [6, 6.07) is 9.00. The molecule has 12 heteroatoms. The van der Waals surface area contributed by atoms with E-state index in [2.05, 4.69) is 9.97 Å². The number of hydrogen-bond acceptors (Lipinski definition) is 7. The fraction of sp³-hybridized carbons (Fsp3) is 0.227. The molecule has 1 amide bonds. The second kappa shape index (κ2) is 9.23. The number of hydrogen-bond donors (Lipinski definition) is 4. The highest BCUT2D eigenvalue weighted by Gasteiger charge is 2.54. The Kier molecular flexibility index (Phi) is 6.75. The van der Waals surface area contributed by atoms with Gasteiger partial charge in [-0.3, -0.25) is 4.79 Å². The van der Waals surface area contributed by atoms with Crippen LogP contribution in [0.15, 0.2) is 54.5 Å². The van der Waals surface area contributed by atoms with E-state index in [1.807, 2.05) is 0 Å². The zero-order valence-corrected chi connectivity index (χ0v) is 18.0. The lowest BCUT2D eigenvalue weighted by atomic mass is 9.96. The molecular formula is C22H22F4N6O2. The highest BCUT2D eigenvalue weighted by atomic mass is 19.4. The lowest BCUT2D eigenvalue weighted by Gasteiger charge is -2.30. The van der Waals surface area contributed by atoms with Gasteiger partial charge in [-0.2, -0.15) is 17.6 Å². The van der Waals surface area contributed by atoms with Crippen LogP contribution in [-0.4, -0.2) is 37.8 Å². The SMILES string of the molecule is CC[C@@](O)(/C(N)=C/N(N)Cc1ccc2c(-c3ccc(F)nc3)cc(C(N)=O)nc2c1)C(F)(F)F. The third-order valence-corrected chi connectivity index (χ3v) is 5.29. The molecule has 2 aromatic heterocycles. The molecule has 0 aliphatic rings. The maximum Gasteiger partial charge on any atom is 0.422 e. The van der Waals surface area contributed by atoms with Crippen molar-refractivity contribution in [1.82, 2.24) is 15.0 Å². The molecule has 0 aliphatic carbocycles. The Bertz CT molecular complexity index is 1250. The fourth-order valence-electron chi connectivity index (χ4n) is 3.38. The highest BCUT2D eigenvalue weighted by Crippen LogP contribution is 2.37. The first-order chi connectivity index (χ1) is 15.9. The minimum absolute atomic E-state index is 0.0455. The van der Waals surface area contributed by atoms with Crippen molar-refractivity contribution in [2.24, 2.45) is 17.3 Å². The van der Waals surface area contributed by atoms with Crippen LogP contribution in [0.5, 0.6) is 0 Å². The lowest BCUT2D eigenvalue weighted by molar-refractivity contribution is -0.245. The van der Waals surface area contributed by atoms with Gasteiger partial charge in [-0.25, -0.2) is 15.8 Å². The van der Waals surface area contributed by atoms with Crippen molar-refractivity contribution in [2.75, 3.05) is 0 Å². The third kappa shape index (κ3) is 4.92. The summed E-state index contributed by atoms with van der Waals surface area (Å²) in [6.45, 7) is 1.05. The molecule has 0 bridgehead atoms. The largest absolute Gasteiger partial charge is 0.422 e. The number of alkyl halides is 3. The number of pyridine rings is 2. The summed E-state index contributed by atoms with van der Waals surface area (Å²) < 4.78 is 52.9. The average Bonchev–Trinajstić information content (AvgIpc) is 2.77. The van der Waals surface area contributed by atoms with Crippen molar-refractivity contribution >= 4 is 16.8 Å². The second-order valence-corrected chi connectivity index (χ2v) is 7.61. The number of nitrogens with zero attached hydrogens (tertiary/aromatic N) is 3. The van der Waals surface area contributed by atoms with Crippen LogP contribution >= 0.6 is 0 Å². The van der Waals surface area contributed by atoms with E-state index in [1.54, 1.807) is 18.2 Å². The van der Waals surface area contributed by atoms with Crippen LogP contribution in [-0.2, 0) is 6.54 Å². The van der Waals surface area contributed by atoms with E-state index in [9.17, 15) is 27.5 Å². The van der Waals surface area contributed by atoms with E-state index >= 15 is 0 Å². The van der Waals surface area contributed by atoms with Crippen LogP contribution in [0.2, 0.25) is 0 Å². The number of aromatic nitrogens is 2. The summed E-state index contributed by atoms with van der Waals surface area (Å²) in [5.41, 5.74) is 8.71. The van der Waals surface area contributed by atoms with Gasteiger partial charge in [0.1, 0.15) is 5.69 Å². The van der Waals surface area contributed by atoms with Crippen LogP contribution in [0.4, 0.5) is 17.6 Å². The Morgan fingerprint density at radius 3 is 2.44 bits per heavy atom. The van der Waals surface area contributed by atoms with Gasteiger partial charge in [0.2, 0.25) is 11.5 Å². The van der Waals surface area contributed by atoms with Gasteiger partial charge >= 0.3 is 6.18 Å². The second-order valence-electron chi connectivity index (χ2n) is 7.61. The van der Waals surface area contributed by atoms with E-state index in [0.717, 1.165) is 18.1 Å². The van der Waals surface area contributed by atoms with E-state index in [1.165, 1.54) is 24.4 Å². The Morgan fingerprint density at radius 2 is 1.88 bits per heavy atom. The normalized spacial score (nSPS) is 14.1. The molecule has 3 aromatic rings.